The minimum Gasteiger partial charge on any atom is -0.481 e. The maximum absolute atomic E-state index is 12.9. The molecule has 0 saturated heterocycles. The Morgan fingerprint density at radius 2 is 1.33 bits per heavy atom. The fraction of sp³-hybridized carbons (Fsp3) is 0.450. The van der Waals surface area contributed by atoms with Crippen molar-refractivity contribution in [2.45, 2.75) is 43.4 Å². The zero-order chi connectivity index (χ0) is 25.0. The molecule has 1 rings (SSSR count). The Kier molecular flexibility index (Phi) is 12.3. The zero-order valence-corrected chi connectivity index (χ0v) is 19.4. The lowest BCUT2D eigenvalue weighted by Gasteiger charge is -2.24. The number of hydrogen-bond acceptors (Lipinski definition) is 8. The second-order valence-electron chi connectivity index (χ2n) is 7.12. The van der Waals surface area contributed by atoms with E-state index in [1.807, 2.05) is 0 Å². The molecule has 182 valence electrons. The summed E-state index contributed by atoms with van der Waals surface area (Å²) in [5, 5.41) is 25.0. The molecule has 13 heteroatoms. The van der Waals surface area contributed by atoms with Gasteiger partial charge in [-0.2, -0.15) is 25.3 Å². The first-order valence-electron chi connectivity index (χ1n) is 9.96. The molecule has 0 heterocycles. The molecule has 1 aromatic rings. The van der Waals surface area contributed by atoms with Crippen LogP contribution in [0.25, 0.3) is 0 Å². The van der Waals surface area contributed by atoms with E-state index in [0.29, 0.717) is 5.56 Å². The van der Waals surface area contributed by atoms with Crippen molar-refractivity contribution < 1.29 is 34.2 Å². The summed E-state index contributed by atoms with van der Waals surface area (Å²) >= 11 is 7.92. The second-order valence-corrected chi connectivity index (χ2v) is 7.85. The van der Waals surface area contributed by atoms with E-state index in [9.17, 15) is 24.0 Å². The topological polar surface area (TPSA) is 188 Å². The molecule has 0 aliphatic rings. The molecule has 7 N–H and O–H groups in total. The van der Waals surface area contributed by atoms with Gasteiger partial charge in [0.1, 0.15) is 18.1 Å². The summed E-state index contributed by atoms with van der Waals surface area (Å²) in [6, 6.07) is 4.03. The van der Waals surface area contributed by atoms with Crippen molar-refractivity contribution in [3.8, 4) is 0 Å². The summed E-state index contributed by atoms with van der Waals surface area (Å²) in [6.07, 6.45) is -0.371. The summed E-state index contributed by atoms with van der Waals surface area (Å²) in [4.78, 5) is 59.6. The summed E-state index contributed by atoms with van der Waals surface area (Å²) in [6.45, 7) is 0. The van der Waals surface area contributed by atoms with E-state index in [4.69, 9.17) is 15.9 Å². The van der Waals surface area contributed by atoms with Crippen LogP contribution < -0.4 is 21.7 Å². The molecule has 1 aromatic carbocycles. The van der Waals surface area contributed by atoms with Crippen molar-refractivity contribution in [1.29, 1.82) is 0 Å². The van der Waals surface area contributed by atoms with Gasteiger partial charge >= 0.3 is 11.9 Å². The predicted molar refractivity (Wildman–Crippen MR) is 126 cm³/mol. The Hall–Kier alpha value is -2.77. The molecular weight excluding hydrogens is 472 g/mol. The molecule has 0 aliphatic carbocycles. The third-order valence-electron chi connectivity index (χ3n) is 4.53. The molecule has 0 spiro atoms. The van der Waals surface area contributed by atoms with E-state index >= 15 is 0 Å². The van der Waals surface area contributed by atoms with Crippen molar-refractivity contribution >= 4 is 54.9 Å². The van der Waals surface area contributed by atoms with Crippen LogP contribution in [-0.2, 0) is 30.4 Å². The van der Waals surface area contributed by atoms with Gasteiger partial charge in [0.2, 0.25) is 17.7 Å². The van der Waals surface area contributed by atoms with Crippen LogP contribution in [0.5, 0.6) is 0 Å². The molecule has 33 heavy (non-hydrogen) atoms. The molecule has 0 fully saturated rings. The van der Waals surface area contributed by atoms with Gasteiger partial charge in [0.25, 0.3) is 0 Å². The van der Waals surface area contributed by atoms with Gasteiger partial charge in [-0.3, -0.25) is 19.2 Å². The third kappa shape index (κ3) is 10.1. The smallest absolute Gasteiger partial charge is 0.327 e. The average molecular weight is 501 g/mol. The number of amides is 3. The fourth-order valence-corrected chi connectivity index (χ4v) is 3.18. The quantitative estimate of drug-likeness (QED) is 0.147. The number of nitrogens with one attached hydrogen (secondary N) is 3. The van der Waals surface area contributed by atoms with Gasteiger partial charge in [0.15, 0.2) is 0 Å². The van der Waals surface area contributed by atoms with Gasteiger partial charge in [0, 0.05) is 24.3 Å². The molecule has 0 bridgehead atoms. The van der Waals surface area contributed by atoms with E-state index < -0.39 is 53.8 Å². The summed E-state index contributed by atoms with van der Waals surface area (Å²) in [7, 11) is 0. The number of carbonyl (C=O) groups excluding carboxylic acids is 3. The van der Waals surface area contributed by atoms with Crippen LogP contribution in [0.3, 0.4) is 0 Å². The number of thiol groups is 2. The van der Waals surface area contributed by atoms with Crippen molar-refractivity contribution in [2.75, 3.05) is 11.5 Å². The van der Waals surface area contributed by atoms with Crippen LogP contribution in [0.1, 0.15) is 18.4 Å². The molecule has 0 aliphatic heterocycles. The number of benzene rings is 1. The number of hydrogen-bond donors (Lipinski definition) is 8. The SMILES string of the molecule is N[C@@H](CCC(=O)O)C(=O)N[C@@H](Cc1ccccc1)C(=O)N[C@@H](CS)C(=O)N[C@@H](CS)C(=O)O. The first-order valence-corrected chi connectivity index (χ1v) is 11.2. The standard InChI is InChI=1S/C20H28N4O7S2/c21-12(6-7-16(25)26)17(27)22-13(8-11-4-2-1-3-5-11)18(28)23-14(9-32)19(29)24-15(10-33)20(30)31/h1-5,12-15,32-33H,6-10,21H2,(H,22,27)(H,23,28)(H,24,29)(H,25,26)(H,30,31)/t12-,13-,14-,15-/m0/s1. The Labute approximate surface area is 201 Å². The molecule has 11 nitrogen and oxygen atoms in total. The predicted octanol–water partition coefficient (Wildman–Crippen LogP) is -1.18. The fourth-order valence-electron chi connectivity index (χ4n) is 2.67. The van der Waals surface area contributed by atoms with E-state index in [2.05, 4.69) is 41.2 Å². The summed E-state index contributed by atoms with van der Waals surface area (Å²) in [5.41, 5.74) is 6.45. The number of rotatable bonds is 14. The molecule has 3 amide bonds. The lowest BCUT2D eigenvalue weighted by molar-refractivity contribution is -0.141. The largest absolute Gasteiger partial charge is 0.481 e. The number of carboxylic acids is 2. The van der Waals surface area contributed by atoms with Crippen molar-refractivity contribution in [1.82, 2.24) is 16.0 Å². The molecule has 0 saturated carbocycles. The molecule has 4 atom stereocenters. The van der Waals surface area contributed by atoms with Gasteiger partial charge in [-0.15, -0.1) is 0 Å². The normalized spacial score (nSPS) is 14.3. The summed E-state index contributed by atoms with van der Waals surface area (Å²) < 4.78 is 0. The molecule has 0 radical (unpaired) electrons. The van der Waals surface area contributed by atoms with Crippen molar-refractivity contribution in [3.63, 3.8) is 0 Å². The molecular formula is C20H28N4O7S2. The van der Waals surface area contributed by atoms with Gasteiger partial charge in [-0.25, -0.2) is 4.79 Å². The first-order chi connectivity index (χ1) is 15.6. The lowest BCUT2D eigenvalue weighted by Crippen LogP contribution is -2.58. The number of nitrogens with two attached hydrogens (primary N) is 1. The molecule has 0 unspecified atom stereocenters. The molecule has 0 aromatic heterocycles. The second kappa shape index (κ2) is 14.4. The minimum absolute atomic E-state index is 0.0688. The monoisotopic (exact) mass is 500 g/mol. The zero-order valence-electron chi connectivity index (χ0n) is 17.6. The minimum atomic E-state index is -1.29. The lowest BCUT2D eigenvalue weighted by atomic mass is 10.0. The highest BCUT2D eigenvalue weighted by Crippen LogP contribution is 2.06. The Morgan fingerprint density at radius 3 is 1.85 bits per heavy atom. The Morgan fingerprint density at radius 1 is 0.818 bits per heavy atom. The number of aliphatic carboxylic acids is 2. The van der Waals surface area contributed by atoms with E-state index in [-0.39, 0.29) is 30.8 Å². The average Bonchev–Trinajstić information content (AvgIpc) is 2.78. The van der Waals surface area contributed by atoms with Crippen molar-refractivity contribution in [2.24, 2.45) is 5.73 Å². The van der Waals surface area contributed by atoms with Crippen LogP contribution in [0.15, 0.2) is 30.3 Å². The van der Waals surface area contributed by atoms with Gasteiger partial charge in [0.05, 0.1) is 6.04 Å². The Bertz CT molecular complexity index is 841. The highest BCUT2D eigenvalue weighted by Gasteiger charge is 2.29. The van der Waals surface area contributed by atoms with Crippen LogP contribution in [-0.4, -0.2) is 75.5 Å². The van der Waals surface area contributed by atoms with Crippen LogP contribution in [0.4, 0.5) is 0 Å². The Balaban J connectivity index is 2.95. The van der Waals surface area contributed by atoms with Gasteiger partial charge in [-0.1, -0.05) is 30.3 Å². The van der Waals surface area contributed by atoms with Crippen LogP contribution >= 0.6 is 25.3 Å². The number of carbonyl (C=O) groups is 5. The van der Waals surface area contributed by atoms with Gasteiger partial charge < -0.3 is 31.9 Å². The highest BCUT2D eigenvalue weighted by molar-refractivity contribution is 7.80. The van der Waals surface area contributed by atoms with E-state index in [1.54, 1.807) is 30.3 Å². The van der Waals surface area contributed by atoms with E-state index in [0.717, 1.165) is 0 Å². The highest BCUT2D eigenvalue weighted by atomic mass is 32.1. The van der Waals surface area contributed by atoms with Gasteiger partial charge in [-0.05, 0) is 12.0 Å². The maximum Gasteiger partial charge on any atom is 0.327 e. The van der Waals surface area contributed by atoms with Crippen LogP contribution in [0, 0.1) is 0 Å². The summed E-state index contributed by atoms with van der Waals surface area (Å²) in [5.74, 6) is -4.91. The number of carboxylic acid groups (broad SMARTS) is 2. The third-order valence-corrected chi connectivity index (χ3v) is 5.26. The van der Waals surface area contributed by atoms with E-state index in [1.165, 1.54) is 0 Å². The maximum atomic E-state index is 12.9. The first kappa shape index (κ1) is 28.3. The van der Waals surface area contributed by atoms with Crippen molar-refractivity contribution in [3.05, 3.63) is 35.9 Å². The van der Waals surface area contributed by atoms with Crippen LogP contribution in [0.2, 0.25) is 0 Å².